The van der Waals surface area contributed by atoms with Crippen LogP contribution in [0.15, 0.2) is 40.9 Å². The summed E-state index contributed by atoms with van der Waals surface area (Å²) in [6, 6.07) is 10.3. The van der Waals surface area contributed by atoms with E-state index in [0.717, 1.165) is 42.4 Å². The molecule has 0 N–H and O–H groups in total. The molecule has 1 aliphatic heterocycles. The number of rotatable bonds is 5. The van der Waals surface area contributed by atoms with Crippen LogP contribution in [-0.4, -0.2) is 35.2 Å². The lowest BCUT2D eigenvalue weighted by Gasteiger charge is -2.34. The molecule has 0 fully saturated rings. The van der Waals surface area contributed by atoms with Crippen LogP contribution >= 0.6 is 0 Å². The van der Waals surface area contributed by atoms with Crippen LogP contribution < -0.4 is 9.47 Å². The van der Waals surface area contributed by atoms with Crippen molar-refractivity contribution in [3.8, 4) is 23.0 Å². The van der Waals surface area contributed by atoms with E-state index in [2.05, 4.69) is 34.7 Å². The number of hydrogen-bond donors (Lipinski definition) is 0. The molecule has 1 aliphatic rings. The standard InChI is InChI=1S/C21H25N3O3/c1-14-19-6-5-9-23(19)10-11-24(14)13-18-15(2)27-21(22-18)17-8-7-16(25-3)12-20(17)26-4/h5-9,12,14H,10-11,13H2,1-4H3. The molecular weight excluding hydrogens is 342 g/mol. The van der Waals surface area contributed by atoms with Crippen molar-refractivity contribution in [2.75, 3.05) is 20.8 Å². The average molecular weight is 367 g/mol. The van der Waals surface area contributed by atoms with E-state index in [9.17, 15) is 0 Å². The van der Waals surface area contributed by atoms with Gasteiger partial charge in [0.25, 0.3) is 0 Å². The molecule has 0 spiro atoms. The van der Waals surface area contributed by atoms with Gasteiger partial charge in [0.1, 0.15) is 17.3 Å². The topological polar surface area (TPSA) is 52.7 Å². The number of nitrogens with zero attached hydrogens (tertiary/aromatic N) is 3. The van der Waals surface area contributed by atoms with Gasteiger partial charge in [-0.3, -0.25) is 4.90 Å². The molecule has 0 amide bonds. The van der Waals surface area contributed by atoms with Gasteiger partial charge in [-0.2, -0.15) is 0 Å². The molecule has 6 nitrogen and oxygen atoms in total. The third kappa shape index (κ3) is 3.21. The van der Waals surface area contributed by atoms with Crippen molar-refractivity contribution in [2.45, 2.75) is 33.0 Å². The summed E-state index contributed by atoms with van der Waals surface area (Å²) in [4.78, 5) is 7.22. The molecule has 0 aliphatic carbocycles. The molecule has 1 unspecified atom stereocenters. The van der Waals surface area contributed by atoms with Gasteiger partial charge >= 0.3 is 0 Å². The number of hydrogen-bond acceptors (Lipinski definition) is 5. The van der Waals surface area contributed by atoms with Crippen LogP contribution in [0.3, 0.4) is 0 Å². The van der Waals surface area contributed by atoms with Gasteiger partial charge in [0, 0.05) is 43.6 Å². The van der Waals surface area contributed by atoms with Crippen molar-refractivity contribution < 1.29 is 13.9 Å². The van der Waals surface area contributed by atoms with Gasteiger partial charge < -0.3 is 18.5 Å². The minimum absolute atomic E-state index is 0.351. The van der Waals surface area contributed by atoms with Crippen LogP contribution in [0.2, 0.25) is 0 Å². The largest absolute Gasteiger partial charge is 0.497 e. The zero-order valence-electron chi connectivity index (χ0n) is 16.2. The average Bonchev–Trinajstić information content (AvgIpc) is 3.30. The number of ether oxygens (including phenoxy) is 2. The van der Waals surface area contributed by atoms with Crippen LogP contribution in [0.1, 0.15) is 30.1 Å². The molecule has 1 atom stereocenters. The number of fused-ring (bicyclic) bond motifs is 1. The van der Waals surface area contributed by atoms with Crippen molar-refractivity contribution in [3.63, 3.8) is 0 Å². The Morgan fingerprint density at radius 1 is 1.19 bits per heavy atom. The number of oxazole rings is 1. The molecule has 1 aromatic carbocycles. The van der Waals surface area contributed by atoms with Crippen molar-refractivity contribution in [1.29, 1.82) is 0 Å². The third-order valence-electron chi connectivity index (χ3n) is 5.35. The van der Waals surface area contributed by atoms with E-state index in [0.29, 0.717) is 17.7 Å². The summed E-state index contributed by atoms with van der Waals surface area (Å²) in [6.07, 6.45) is 2.15. The third-order valence-corrected chi connectivity index (χ3v) is 5.35. The second-order valence-electron chi connectivity index (χ2n) is 6.86. The van der Waals surface area contributed by atoms with Gasteiger partial charge in [0.2, 0.25) is 5.89 Å². The molecule has 0 radical (unpaired) electrons. The van der Waals surface area contributed by atoms with E-state index >= 15 is 0 Å². The van der Waals surface area contributed by atoms with Crippen LogP contribution in [-0.2, 0) is 13.1 Å². The number of benzene rings is 1. The molecule has 4 rings (SSSR count). The Hall–Kier alpha value is -2.73. The van der Waals surface area contributed by atoms with E-state index < -0.39 is 0 Å². The molecular formula is C21H25N3O3. The maximum absolute atomic E-state index is 5.98. The van der Waals surface area contributed by atoms with E-state index in [4.69, 9.17) is 18.9 Å². The molecule has 0 saturated carbocycles. The minimum Gasteiger partial charge on any atom is -0.497 e. The number of methoxy groups -OCH3 is 2. The second kappa shape index (κ2) is 7.12. The van der Waals surface area contributed by atoms with Crippen molar-refractivity contribution in [1.82, 2.24) is 14.5 Å². The van der Waals surface area contributed by atoms with Crippen molar-refractivity contribution in [3.05, 3.63) is 53.7 Å². The zero-order valence-corrected chi connectivity index (χ0v) is 16.2. The van der Waals surface area contributed by atoms with E-state index in [-0.39, 0.29) is 0 Å². The van der Waals surface area contributed by atoms with Gasteiger partial charge in [0.15, 0.2) is 0 Å². The Bertz CT molecular complexity index is 944. The summed E-state index contributed by atoms with van der Waals surface area (Å²) in [5.74, 6) is 2.85. The smallest absolute Gasteiger partial charge is 0.230 e. The lowest BCUT2D eigenvalue weighted by Crippen LogP contribution is -2.36. The number of aryl methyl sites for hydroxylation is 1. The second-order valence-corrected chi connectivity index (χ2v) is 6.86. The van der Waals surface area contributed by atoms with E-state index in [1.165, 1.54) is 5.69 Å². The van der Waals surface area contributed by atoms with E-state index in [1.54, 1.807) is 14.2 Å². The van der Waals surface area contributed by atoms with Crippen LogP contribution in [0.25, 0.3) is 11.5 Å². The van der Waals surface area contributed by atoms with Gasteiger partial charge in [-0.15, -0.1) is 0 Å². The SMILES string of the molecule is COc1ccc(-c2nc(CN3CCn4cccc4C3C)c(C)o2)c(OC)c1. The molecule has 0 saturated heterocycles. The Balaban J connectivity index is 1.59. The fourth-order valence-electron chi connectivity index (χ4n) is 3.70. The van der Waals surface area contributed by atoms with Gasteiger partial charge in [0.05, 0.1) is 25.5 Å². The lowest BCUT2D eigenvalue weighted by molar-refractivity contribution is 0.158. The maximum atomic E-state index is 5.98. The van der Waals surface area contributed by atoms with Crippen molar-refractivity contribution >= 4 is 0 Å². The normalized spacial score (nSPS) is 17.0. The van der Waals surface area contributed by atoms with Crippen LogP contribution in [0, 0.1) is 6.92 Å². The summed E-state index contributed by atoms with van der Waals surface area (Å²) < 4.78 is 19.1. The van der Waals surface area contributed by atoms with Crippen LogP contribution in [0.4, 0.5) is 0 Å². The first kappa shape index (κ1) is 17.7. The molecule has 27 heavy (non-hydrogen) atoms. The number of aromatic nitrogens is 2. The fourth-order valence-corrected chi connectivity index (χ4v) is 3.70. The Labute approximate surface area is 159 Å². The maximum Gasteiger partial charge on any atom is 0.230 e. The summed E-state index contributed by atoms with van der Waals surface area (Å²) in [5, 5.41) is 0. The molecule has 0 bridgehead atoms. The molecule has 6 heteroatoms. The van der Waals surface area contributed by atoms with Gasteiger partial charge in [-0.25, -0.2) is 4.98 Å². The Morgan fingerprint density at radius 2 is 2.04 bits per heavy atom. The quantitative estimate of drug-likeness (QED) is 0.681. The predicted molar refractivity (Wildman–Crippen MR) is 103 cm³/mol. The fraction of sp³-hybridized carbons (Fsp3) is 0.381. The van der Waals surface area contributed by atoms with Crippen molar-refractivity contribution in [2.24, 2.45) is 0 Å². The lowest BCUT2D eigenvalue weighted by atomic mass is 10.1. The summed E-state index contributed by atoms with van der Waals surface area (Å²) in [6.45, 7) is 6.98. The Kier molecular flexibility index (Phi) is 4.66. The first-order chi connectivity index (χ1) is 13.1. The summed E-state index contributed by atoms with van der Waals surface area (Å²) in [5.41, 5.74) is 3.14. The van der Waals surface area contributed by atoms with E-state index in [1.807, 2.05) is 25.1 Å². The minimum atomic E-state index is 0.351. The first-order valence-corrected chi connectivity index (χ1v) is 9.18. The predicted octanol–water partition coefficient (Wildman–Crippen LogP) is 4.05. The highest BCUT2D eigenvalue weighted by molar-refractivity contribution is 5.65. The molecule has 3 heterocycles. The molecule has 142 valence electrons. The summed E-state index contributed by atoms with van der Waals surface area (Å²) >= 11 is 0. The highest BCUT2D eigenvalue weighted by Crippen LogP contribution is 2.34. The Morgan fingerprint density at radius 3 is 2.81 bits per heavy atom. The summed E-state index contributed by atoms with van der Waals surface area (Å²) in [7, 11) is 3.28. The first-order valence-electron chi connectivity index (χ1n) is 9.18. The van der Waals surface area contributed by atoms with Crippen LogP contribution in [0.5, 0.6) is 11.5 Å². The van der Waals surface area contributed by atoms with Gasteiger partial charge in [-0.05, 0) is 38.1 Å². The zero-order chi connectivity index (χ0) is 19.0. The van der Waals surface area contributed by atoms with Gasteiger partial charge in [-0.1, -0.05) is 0 Å². The molecule has 3 aromatic rings. The molecule has 2 aromatic heterocycles. The monoisotopic (exact) mass is 367 g/mol. The highest BCUT2D eigenvalue weighted by atomic mass is 16.5. The highest BCUT2D eigenvalue weighted by Gasteiger charge is 2.25.